The van der Waals surface area contributed by atoms with Crippen LogP contribution in [0.1, 0.15) is 23.2 Å². The van der Waals surface area contributed by atoms with Gasteiger partial charge in [0, 0.05) is 24.2 Å². The first-order valence-corrected chi connectivity index (χ1v) is 9.24. The third-order valence-electron chi connectivity index (χ3n) is 4.62. The summed E-state index contributed by atoms with van der Waals surface area (Å²) in [7, 11) is 0. The Morgan fingerprint density at radius 2 is 1.61 bits per heavy atom. The van der Waals surface area contributed by atoms with Crippen LogP contribution in [0.15, 0.2) is 78.9 Å². The van der Waals surface area contributed by atoms with E-state index in [1.807, 2.05) is 60.7 Å². The molecule has 3 aromatic carbocycles. The SMILES string of the molecule is O=C(Nc1ccccc1Oc1ccccc1)c1ccc(N2CCCC2=O)cc1. The van der Waals surface area contributed by atoms with Crippen LogP contribution in [0.3, 0.4) is 0 Å². The van der Waals surface area contributed by atoms with Crippen molar-refractivity contribution in [3.63, 3.8) is 0 Å². The predicted octanol–water partition coefficient (Wildman–Crippen LogP) is 4.86. The maximum absolute atomic E-state index is 12.7. The molecule has 4 rings (SSSR count). The second-order valence-corrected chi connectivity index (χ2v) is 6.56. The lowest BCUT2D eigenvalue weighted by Gasteiger charge is -2.16. The van der Waals surface area contributed by atoms with Gasteiger partial charge in [-0.15, -0.1) is 0 Å². The molecular weight excluding hydrogens is 352 g/mol. The summed E-state index contributed by atoms with van der Waals surface area (Å²) in [6.07, 6.45) is 1.46. The fourth-order valence-electron chi connectivity index (χ4n) is 3.18. The normalized spacial score (nSPS) is 13.4. The lowest BCUT2D eigenvalue weighted by Crippen LogP contribution is -2.23. The van der Waals surface area contributed by atoms with Crippen LogP contribution in [0.25, 0.3) is 0 Å². The first kappa shape index (κ1) is 17.8. The Morgan fingerprint density at radius 1 is 0.893 bits per heavy atom. The van der Waals surface area contributed by atoms with Crippen LogP contribution in [0, 0.1) is 0 Å². The number of nitrogens with zero attached hydrogens (tertiary/aromatic N) is 1. The van der Waals surface area contributed by atoms with Gasteiger partial charge in [0.1, 0.15) is 5.75 Å². The molecule has 3 aromatic rings. The smallest absolute Gasteiger partial charge is 0.255 e. The zero-order valence-electron chi connectivity index (χ0n) is 15.3. The lowest BCUT2D eigenvalue weighted by molar-refractivity contribution is -0.117. The number of benzene rings is 3. The van der Waals surface area contributed by atoms with Gasteiger partial charge in [0.2, 0.25) is 5.91 Å². The van der Waals surface area contributed by atoms with Crippen molar-refractivity contribution < 1.29 is 14.3 Å². The molecule has 140 valence electrons. The number of carbonyl (C=O) groups is 2. The molecule has 0 unspecified atom stereocenters. The molecule has 0 radical (unpaired) electrons. The Bertz CT molecular complexity index is 984. The Hall–Kier alpha value is -3.60. The minimum Gasteiger partial charge on any atom is -0.455 e. The predicted molar refractivity (Wildman–Crippen MR) is 109 cm³/mol. The van der Waals surface area contributed by atoms with Crippen LogP contribution in [-0.4, -0.2) is 18.4 Å². The molecule has 0 atom stereocenters. The Labute approximate surface area is 163 Å². The number of para-hydroxylation sites is 3. The van der Waals surface area contributed by atoms with Crippen molar-refractivity contribution in [2.24, 2.45) is 0 Å². The molecular formula is C23H20N2O3. The highest BCUT2D eigenvalue weighted by atomic mass is 16.5. The van der Waals surface area contributed by atoms with Gasteiger partial charge < -0.3 is 15.0 Å². The molecule has 1 saturated heterocycles. The molecule has 1 fully saturated rings. The van der Waals surface area contributed by atoms with Crippen molar-refractivity contribution in [2.45, 2.75) is 12.8 Å². The number of hydrogen-bond acceptors (Lipinski definition) is 3. The largest absolute Gasteiger partial charge is 0.455 e. The van der Waals surface area contributed by atoms with E-state index in [4.69, 9.17) is 4.74 Å². The van der Waals surface area contributed by atoms with Crippen LogP contribution in [0.2, 0.25) is 0 Å². The number of carbonyl (C=O) groups excluding carboxylic acids is 2. The summed E-state index contributed by atoms with van der Waals surface area (Å²) >= 11 is 0. The fourth-order valence-corrected chi connectivity index (χ4v) is 3.18. The summed E-state index contributed by atoms with van der Waals surface area (Å²) in [6, 6.07) is 23.8. The van der Waals surface area contributed by atoms with Crippen molar-refractivity contribution in [3.05, 3.63) is 84.4 Å². The van der Waals surface area contributed by atoms with Crippen molar-refractivity contribution >= 4 is 23.2 Å². The Balaban J connectivity index is 1.49. The molecule has 0 aromatic heterocycles. The third kappa shape index (κ3) is 3.88. The van der Waals surface area contributed by atoms with Crippen LogP contribution in [-0.2, 0) is 4.79 Å². The van der Waals surface area contributed by atoms with Gasteiger partial charge in [0.25, 0.3) is 5.91 Å². The number of nitrogens with one attached hydrogen (secondary N) is 1. The van der Waals surface area contributed by atoms with Crippen molar-refractivity contribution in [3.8, 4) is 11.5 Å². The van der Waals surface area contributed by atoms with E-state index in [1.165, 1.54) is 0 Å². The molecule has 1 N–H and O–H groups in total. The summed E-state index contributed by atoms with van der Waals surface area (Å²) in [4.78, 5) is 26.3. The number of amides is 2. The second-order valence-electron chi connectivity index (χ2n) is 6.56. The number of rotatable bonds is 5. The minimum atomic E-state index is -0.233. The molecule has 1 aliphatic heterocycles. The Morgan fingerprint density at radius 3 is 2.32 bits per heavy atom. The molecule has 5 nitrogen and oxygen atoms in total. The van der Waals surface area contributed by atoms with Crippen LogP contribution < -0.4 is 15.0 Å². The molecule has 0 saturated carbocycles. The quantitative estimate of drug-likeness (QED) is 0.696. The number of hydrogen-bond donors (Lipinski definition) is 1. The molecule has 1 aliphatic rings. The van der Waals surface area contributed by atoms with Gasteiger partial charge in [-0.3, -0.25) is 9.59 Å². The molecule has 1 heterocycles. The van der Waals surface area contributed by atoms with E-state index < -0.39 is 0 Å². The van der Waals surface area contributed by atoms with Gasteiger partial charge in [-0.2, -0.15) is 0 Å². The van der Waals surface area contributed by atoms with E-state index in [9.17, 15) is 9.59 Å². The molecule has 28 heavy (non-hydrogen) atoms. The molecule has 2 amide bonds. The first-order chi connectivity index (χ1) is 13.7. The monoisotopic (exact) mass is 372 g/mol. The van der Waals surface area contributed by atoms with E-state index in [1.54, 1.807) is 23.1 Å². The summed E-state index contributed by atoms with van der Waals surface area (Å²) in [5, 5.41) is 2.90. The standard InChI is InChI=1S/C23H20N2O3/c26-22-11-6-16-25(22)18-14-12-17(13-15-18)23(27)24-20-9-4-5-10-21(20)28-19-7-2-1-3-8-19/h1-5,7-10,12-15H,6,11,16H2,(H,24,27). The molecule has 0 aliphatic carbocycles. The minimum absolute atomic E-state index is 0.129. The summed E-state index contributed by atoms with van der Waals surface area (Å²) in [6.45, 7) is 0.731. The van der Waals surface area contributed by atoms with Crippen LogP contribution >= 0.6 is 0 Å². The topological polar surface area (TPSA) is 58.6 Å². The first-order valence-electron chi connectivity index (χ1n) is 9.24. The van der Waals surface area contributed by atoms with Crippen molar-refractivity contribution in [1.82, 2.24) is 0 Å². The van der Waals surface area contributed by atoms with Gasteiger partial charge >= 0.3 is 0 Å². The summed E-state index contributed by atoms with van der Waals surface area (Å²) in [5.74, 6) is 1.16. The van der Waals surface area contributed by atoms with Gasteiger partial charge in [0.05, 0.1) is 5.69 Å². The summed E-state index contributed by atoms with van der Waals surface area (Å²) in [5.41, 5.74) is 1.94. The van der Waals surface area contributed by atoms with Gasteiger partial charge in [0.15, 0.2) is 5.75 Å². The summed E-state index contributed by atoms with van der Waals surface area (Å²) < 4.78 is 5.89. The third-order valence-corrected chi connectivity index (χ3v) is 4.62. The van der Waals surface area contributed by atoms with Gasteiger partial charge in [-0.1, -0.05) is 30.3 Å². The van der Waals surface area contributed by atoms with Crippen LogP contribution in [0.4, 0.5) is 11.4 Å². The van der Waals surface area contributed by atoms with Gasteiger partial charge in [-0.05, 0) is 55.0 Å². The molecule has 0 spiro atoms. The maximum atomic E-state index is 12.7. The van der Waals surface area contributed by atoms with E-state index >= 15 is 0 Å². The zero-order valence-corrected chi connectivity index (χ0v) is 15.3. The van der Waals surface area contributed by atoms with E-state index in [2.05, 4.69) is 5.32 Å². The number of ether oxygens (including phenoxy) is 1. The van der Waals surface area contributed by atoms with Crippen molar-refractivity contribution in [2.75, 3.05) is 16.8 Å². The Kier molecular flexibility index (Phi) is 5.06. The molecule has 5 heteroatoms. The average Bonchev–Trinajstić information content (AvgIpc) is 3.16. The van der Waals surface area contributed by atoms with E-state index in [0.29, 0.717) is 29.2 Å². The lowest BCUT2D eigenvalue weighted by atomic mass is 10.1. The number of anilines is 2. The second kappa shape index (κ2) is 7.96. The highest BCUT2D eigenvalue weighted by Gasteiger charge is 2.21. The van der Waals surface area contributed by atoms with E-state index in [-0.39, 0.29) is 11.8 Å². The fraction of sp³-hybridized carbons (Fsp3) is 0.130. The van der Waals surface area contributed by atoms with Crippen molar-refractivity contribution in [1.29, 1.82) is 0 Å². The highest BCUT2D eigenvalue weighted by molar-refractivity contribution is 6.05. The maximum Gasteiger partial charge on any atom is 0.255 e. The molecule has 0 bridgehead atoms. The zero-order chi connectivity index (χ0) is 19.3. The highest BCUT2D eigenvalue weighted by Crippen LogP contribution is 2.29. The van der Waals surface area contributed by atoms with Gasteiger partial charge in [-0.25, -0.2) is 0 Å². The average molecular weight is 372 g/mol. The van der Waals surface area contributed by atoms with Crippen LogP contribution in [0.5, 0.6) is 11.5 Å². The van der Waals surface area contributed by atoms with E-state index in [0.717, 1.165) is 18.7 Å².